The van der Waals surface area contributed by atoms with Crippen LogP contribution in [0.15, 0.2) is 17.1 Å². The summed E-state index contributed by atoms with van der Waals surface area (Å²) < 4.78 is 16.6. The van der Waals surface area contributed by atoms with E-state index in [1.54, 1.807) is 4.57 Å². The van der Waals surface area contributed by atoms with Crippen LogP contribution in [0.25, 0.3) is 11.0 Å². The van der Waals surface area contributed by atoms with Gasteiger partial charge >= 0.3 is 5.97 Å². The molecule has 2 aliphatic rings. The van der Waals surface area contributed by atoms with E-state index in [4.69, 9.17) is 5.26 Å². The summed E-state index contributed by atoms with van der Waals surface area (Å²) >= 11 is 0. The van der Waals surface area contributed by atoms with Crippen LogP contribution in [0.3, 0.4) is 0 Å². The Bertz CT molecular complexity index is 1070. The van der Waals surface area contributed by atoms with Crippen molar-refractivity contribution in [2.24, 2.45) is 5.92 Å². The van der Waals surface area contributed by atoms with Gasteiger partial charge in [-0.2, -0.15) is 5.26 Å². The van der Waals surface area contributed by atoms with Crippen molar-refractivity contribution in [1.82, 2.24) is 14.9 Å². The molecule has 3 heterocycles. The van der Waals surface area contributed by atoms with E-state index in [0.717, 1.165) is 25.3 Å². The number of carbonyl (C=O) groups is 1. The second-order valence-corrected chi connectivity index (χ2v) is 7.73. The molecule has 4 rings (SSSR count). The van der Waals surface area contributed by atoms with E-state index in [1.165, 1.54) is 6.20 Å². The molecule has 0 bridgehead atoms. The molecule has 1 aliphatic heterocycles. The number of carboxylic acids is 1. The number of aromatic nitrogens is 2. The van der Waals surface area contributed by atoms with Crippen molar-refractivity contribution in [2.45, 2.75) is 37.8 Å². The summed E-state index contributed by atoms with van der Waals surface area (Å²) in [6.45, 7) is 1.16. The maximum atomic E-state index is 14.9. The molecular formula is C20H22FN5O3. The molecule has 2 aromatic heterocycles. The summed E-state index contributed by atoms with van der Waals surface area (Å²) in [5, 5.41) is 21.5. The zero-order valence-corrected chi connectivity index (χ0v) is 16.1. The van der Waals surface area contributed by atoms with Crippen LogP contribution < -0.4 is 15.6 Å². The Hall–Kier alpha value is -2.99. The average Bonchev–Trinajstić information content (AvgIpc) is 3.43. The van der Waals surface area contributed by atoms with Crippen LogP contribution in [0.1, 0.15) is 42.1 Å². The van der Waals surface area contributed by atoms with Gasteiger partial charge in [0.1, 0.15) is 11.2 Å². The first-order valence-electron chi connectivity index (χ1n) is 9.72. The number of nitrogens with zero attached hydrogens (tertiary/aromatic N) is 4. The average molecular weight is 399 g/mol. The molecule has 29 heavy (non-hydrogen) atoms. The van der Waals surface area contributed by atoms with Crippen LogP contribution >= 0.6 is 0 Å². The molecule has 2 fully saturated rings. The quantitative estimate of drug-likeness (QED) is 0.763. The Morgan fingerprint density at radius 2 is 2.24 bits per heavy atom. The molecule has 1 saturated carbocycles. The van der Waals surface area contributed by atoms with Gasteiger partial charge in [0, 0.05) is 31.4 Å². The number of aromatic carboxylic acids is 1. The van der Waals surface area contributed by atoms with Crippen molar-refractivity contribution in [3.05, 3.63) is 33.9 Å². The third kappa shape index (κ3) is 3.44. The standard InChI is InChI=1S/C20H22FN5O3/c1-23-16(4-6-22)11-5-7-25(9-11)19-15(21)8-13-17(27)14(20(28)29)10-26(12-2-3-12)18(13)24-19/h8,10-12,16,23H,2-5,7,9H2,1H3,(H,28,29). The Morgan fingerprint density at radius 3 is 2.86 bits per heavy atom. The van der Waals surface area contributed by atoms with Gasteiger partial charge in [-0.15, -0.1) is 0 Å². The highest BCUT2D eigenvalue weighted by Crippen LogP contribution is 2.37. The highest BCUT2D eigenvalue weighted by atomic mass is 19.1. The molecule has 0 radical (unpaired) electrons. The number of hydrogen-bond donors (Lipinski definition) is 2. The molecule has 9 heteroatoms. The first-order chi connectivity index (χ1) is 13.9. The number of rotatable bonds is 6. The summed E-state index contributed by atoms with van der Waals surface area (Å²) in [5.74, 6) is -1.60. The predicted octanol–water partition coefficient (Wildman–Crippen LogP) is 1.90. The molecule has 2 N–H and O–H groups in total. The highest BCUT2D eigenvalue weighted by Gasteiger charge is 2.32. The predicted molar refractivity (Wildman–Crippen MR) is 105 cm³/mol. The number of carboxylic acid groups (broad SMARTS) is 1. The molecule has 152 valence electrons. The second kappa shape index (κ2) is 7.44. The van der Waals surface area contributed by atoms with Crippen molar-refractivity contribution in [3.8, 4) is 6.07 Å². The van der Waals surface area contributed by atoms with Crippen molar-refractivity contribution in [2.75, 3.05) is 25.0 Å². The lowest BCUT2D eigenvalue weighted by molar-refractivity contribution is 0.0695. The maximum absolute atomic E-state index is 14.9. The number of nitriles is 1. The van der Waals surface area contributed by atoms with Gasteiger partial charge in [0.25, 0.3) is 0 Å². The Kier molecular flexibility index (Phi) is 4.96. The molecule has 2 unspecified atom stereocenters. The smallest absolute Gasteiger partial charge is 0.341 e. The minimum absolute atomic E-state index is 0.00798. The Labute approximate surface area is 166 Å². The maximum Gasteiger partial charge on any atom is 0.341 e. The fraction of sp³-hybridized carbons (Fsp3) is 0.500. The first-order valence-corrected chi connectivity index (χ1v) is 9.72. The number of fused-ring (bicyclic) bond motifs is 1. The van der Waals surface area contributed by atoms with E-state index < -0.39 is 17.2 Å². The molecular weight excluding hydrogens is 377 g/mol. The van der Waals surface area contributed by atoms with Gasteiger partial charge in [0.05, 0.1) is 17.9 Å². The second-order valence-electron chi connectivity index (χ2n) is 7.73. The molecule has 0 spiro atoms. The van der Waals surface area contributed by atoms with E-state index in [-0.39, 0.29) is 34.8 Å². The summed E-state index contributed by atoms with van der Waals surface area (Å²) in [7, 11) is 1.81. The first kappa shape index (κ1) is 19.3. The Morgan fingerprint density at radius 1 is 1.48 bits per heavy atom. The van der Waals surface area contributed by atoms with Crippen LogP contribution in [-0.2, 0) is 0 Å². The normalized spacial score (nSPS) is 20.0. The van der Waals surface area contributed by atoms with Gasteiger partial charge in [-0.1, -0.05) is 0 Å². The number of halogens is 1. The third-order valence-corrected chi connectivity index (χ3v) is 5.89. The van der Waals surface area contributed by atoms with Gasteiger partial charge in [0.2, 0.25) is 5.43 Å². The number of nitrogens with one attached hydrogen (secondary N) is 1. The lowest BCUT2D eigenvalue weighted by Gasteiger charge is -2.23. The van der Waals surface area contributed by atoms with E-state index in [9.17, 15) is 19.1 Å². The van der Waals surface area contributed by atoms with Crippen LogP contribution in [-0.4, -0.2) is 46.8 Å². The van der Waals surface area contributed by atoms with Crippen LogP contribution in [0.2, 0.25) is 0 Å². The van der Waals surface area contributed by atoms with Crippen LogP contribution in [0, 0.1) is 23.1 Å². The van der Waals surface area contributed by atoms with Crippen molar-refractivity contribution >= 4 is 22.8 Å². The minimum atomic E-state index is -1.33. The van der Waals surface area contributed by atoms with E-state index in [0.29, 0.717) is 25.2 Å². The molecule has 1 aliphatic carbocycles. The van der Waals surface area contributed by atoms with Gasteiger partial charge < -0.3 is 19.9 Å². The topological polar surface area (TPSA) is 111 Å². The van der Waals surface area contributed by atoms with Gasteiger partial charge in [-0.25, -0.2) is 14.2 Å². The number of anilines is 1. The summed E-state index contributed by atoms with van der Waals surface area (Å²) in [5.41, 5.74) is -0.761. The number of pyridine rings is 2. The highest BCUT2D eigenvalue weighted by molar-refractivity contribution is 5.92. The van der Waals surface area contributed by atoms with Crippen molar-refractivity contribution in [1.29, 1.82) is 5.26 Å². The van der Waals surface area contributed by atoms with E-state index >= 15 is 0 Å². The molecule has 0 amide bonds. The zero-order chi connectivity index (χ0) is 20.7. The third-order valence-electron chi connectivity index (χ3n) is 5.89. The molecule has 0 aromatic carbocycles. The van der Waals surface area contributed by atoms with Gasteiger partial charge in [0.15, 0.2) is 11.6 Å². The Balaban J connectivity index is 1.76. The van der Waals surface area contributed by atoms with Gasteiger partial charge in [-0.05, 0) is 38.3 Å². The van der Waals surface area contributed by atoms with E-state index in [1.807, 2.05) is 11.9 Å². The van der Waals surface area contributed by atoms with Crippen LogP contribution in [0.5, 0.6) is 0 Å². The zero-order valence-electron chi connectivity index (χ0n) is 16.1. The van der Waals surface area contributed by atoms with Crippen molar-refractivity contribution in [3.63, 3.8) is 0 Å². The lowest BCUT2D eigenvalue weighted by Crippen LogP contribution is -2.35. The fourth-order valence-corrected chi connectivity index (χ4v) is 4.15. The van der Waals surface area contributed by atoms with Gasteiger partial charge in [-0.3, -0.25) is 4.79 Å². The monoisotopic (exact) mass is 399 g/mol. The SMILES string of the molecule is CNC(CC#N)C1CCN(c2nc3c(cc2F)c(=O)c(C(=O)O)cn3C2CC2)C1. The molecule has 2 aromatic rings. The molecule has 2 atom stereocenters. The fourth-order valence-electron chi connectivity index (χ4n) is 4.15. The minimum Gasteiger partial charge on any atom is -0.477 e. The largest absolute Gasteiger partial charge is 0.477 e. The molecule has 8 nitrogen and oxygen atoms in total. The summed E-state index contributed by atoms with van der Waals surface area (Å²) in [4.78, 5) is 30.3. The number of hydrogen-bond acceptors (Lipinski definition) is 6. The summed E-state index contributed by atoms with van der Waals surface area (Å²) in [6, 6.07) is 3.40. The van der Waals surface area contributed by atoms with Crippen LogP contribution in [0.4, 0.5) is 10.2 Å². The lowest BCUT2D eigenvalue weighted by atomic mass is 9.97. The molecule has 1 saturated heterocycles. The van der Waals surface area contributed by atoms with E-state index in [2.05, 4.69) is 16.4 Å². The van der Waals surface area contributed by atoms with Crippen molar-refractivity contribution < 1.29 is 14.3 Å². The summed E-state index contributed by atoms with van der Waals surface area (Å²) in [6.07, 6.45) is 4.25.